The zero-order valence-corrected chi connectivity index (χ0v) is 15.8. The molecule has 2 N–H and O–H groups in total. The lowest BCUT2D eigenvalue weighted by Crippen LogP contribution is -2.49. The van der Waals surface area contributed by atoms with Gasteiger partial charge in [-0.15, -0.1) is 0 Å². The molecule has 1 aromatic carbocycles. The van der Waals surface area contributed by atoms with Crippen molar-refractivity contribution in [3.63, 3.8) is 0 Å². The lowest BCUT2D eigenvalue weighted by atomic mass is 10.1. The van der Waals surface area contributed by atoms with Crippen LogP contribution in [-0.4, -0.2) is 62.1 Å². The predicted octanol–water partition coefficient (Wildman–Crippen LogP) is 1.22. The Morgan fingerprint density at radius 1 is 1.26 bits per heavy atom. The van der Waals surface area contributed by atoms with Crippen LogP contribution in [0.4, 0.5) is 0 Å². The summed E-state index contributed by atoms with van der Waals surface area (Å²) in [5.74, 6) is -1.40. The van der Waals surface area contributed by atoms with E-state index < -0.39 is 22.0 Å². The highest BCUT2D eigenvalue weighted by atomic mass is 32.2. The second-order valence-electron chi connectivity index (χ2n) is 6.96. The molecular formula is C18H24N2O6S. The maximum Gasteiger partial charge on any atom is 0.305 e. The number of morpholine rings is 1. The Bertz CT molecular complexity index is 804. The SMILES string of the molecule is O=C(O)CC1COCCN1C(=O)c1cccc(S(=O)(=O)NC2CCCC2)c1. The summed E-state index contributed by atoms with van der Waals surface area (Å²) in [7, 11) is -3.70. The number of rotatable bonds is 6. The Kier molecular flexibility index (Phi) is 6.13. The number of aliphatic carboxylic acids is 1. The Morgan fingerprint density at radius 2 is 2.00 bits per heavy atom. The molecular weight excluding hydrogens is 372 g/mol. The summed E-state index contributed by atoms with van der Waals surface area (Å²) >= 11 is 0. The maximum atomic E-state index is 12.9. The highest BCUT2D eigenvalue weighted by molar-refractivity contribution is 7.89. The summed E-state index contributed by atoms with van der Waals surface area (Å²) in [4.78, 5) is 25.4. The van der Waals surface area contributed by atoms with Crippen LogP contribution < -0.4 is 4.72 Å². The molecule has 0 bridgehead atoms. The number of carbonyl (C=O) groups is 2. The van der Waals surface area contributed by atoms with Crippen LogP contribution in [-0.2, 0) is 19.6 Å². The van der Waals surface area contributed by atoms with Gasteiger partial charge >= 0.3 is 5.97 Å². The topological polar surface area (TPSA) is 113 Å². The van der Waals surface area contributed by atoms with E-state index in [1.165, 1.54) is 23.1 Å². The molecule has 1 saturated carbocycles. The highest BCUT2D eigenvalue weighted by Gasteiger charge is 2.30. The van der Waals surface area contributed by atoms with Crippen molar-refractivity contribution in [1.29, 1.82) is 0 Å². The lowest BCUT2D eigenvalue weighted by molar-refractivity contribution is -0.139. The van der Waals surface area contributed by atoms with Gasteiger partial charge in [-0.1, -0.05) is 18.9 Å². The Morgan fingerprint density at radius 3 is 2.70 bits per heavy atom. The molecule has 1 aromatic rings. The molecule has 1 saturated heterocycles. The van der Waals surface area contributed by atoms with Gasteiger partial charge in [-0.3, -0.25) is 9.59 Å². The average Bonchev–Trinajstić information content (AvgIpc) is 3.13. The third kappa shape index (κ3) is 4.85. The van der Waals surface area contributed by atoms with Crippen LogP contribution in [0.5, 0.6) is 0 Å². The van der Waals surface area contributed by atoms with E-state index in [0.29, 0.717) is 6.61 Å². The molecule has 1 aliphatic heterocycles. The molecule has 27 heavy (non-hydrogen) atoms. The van der Waals surface area contributed by atoms with Gasteiger partial charge in [0.15, 0.2) is 0 Å². The molecule has 0 spiro atoms. The monoisotopic (exact) mass is 396 g/mol. The highest BCUT2D eigenvalue weighted by Crippen LogP contribution is 2.22. The summed E-state index contributed by atoms with van der Waals surface area (Å²) in [5, 5.41) is 9.04. The predicted molar refractivity (Wildman–Crippen MR) is 96.9 cm³/mol. The van der Waals surface area contributed by atoms with Crippen LogP contribution in [0.2, 0.25) is 0 Å². The second-order valence-corrected chi connectivity index (χ2v) is 8.67. The van der Waals surface area contributed by atoms with Crippen molar-refractivity contribution in [3.8, 4) is 0 Å². The zero-order valence-electron chi connectivity index (χ0n) is 15.0. The zero-order chi connectivity index (χ0) is 19.4. The second kappa shape index (κ2) is 8.37. The minimum Gasteiger partial charge on any atom is -0.481 e. The number of nitrogens with one attached hydrogen (secondary N) is 1. The van der Waals surface area contributed by atoms with Gasteiger partial charge in [0.25, 0.3) is 5.91 Å². The van der Waals surface area contributed by atoms with Gasteiger partial charge in [0, 0.05) is 18.2 Å². The molecule has 148 valence electrons. The summed E-state index contributed by atoms with van der Waals surface area (Å²) in [6.45, 7) is 0.746. The molecule has 1 amide bonds. The standard InChI is InChI=1S/C18H24N2O6S/c21-17(22)11-15-12-26-9-8-20(15)18(23)13-4-3-7-16(10-13)27(24,25)19-14-5-1-2-6-14/h3-4,7,10,14-15,19H,1-2,5-6,8-9,11-12H2,(H,21,22). The van der Waals surface area contributed by atoms with Gasteiger partial charge < -0.3 is 14.7 Å². The number of carboxylic acid groups (broad SMARTS) is 1. The van der Waals surface area contributed by atoms with Gasteiger partial charge in [0.1, 0.15) is 0 Å². The van der Waals surface area contributed by atoms with Gasteiger partial charge in [-0.2, -0.15) is 0 Å². The molecule has 1 heterocycles. The van der Waals surface area contributed by atoms with Gasteiger partial charge in [0.2, 0.25) is 10.0 Å². The van der Waals surface area contributed by atoms with Crippen LogP contribution in [0.3, 0.4) is 0 Å². The number of carbonyl (C=O) groups excluding carboxylic acids is 1. The largest absolute Gasteiger partial charge is 0.481 e. The molecule has 1 unspecified atom stereocenters. The van der Waals surface area contributed by atoms with Gasteiger partial charge in [0.05, 0.1) is 30.6 Å². The average molecular weight is 396 g/mol. The van der Waals surface area contributed by atoms with Crippen LogP contribution in [0.1, 0.15) is 42.5 Å². The van der Waals surface area contributed by atoms with Crippen LogP contribution >= 0.6 is 0 Å². The van der Waals surface area contributed by atoms with E-state index in [9.17, 15) is 18.0 Å². The van der Waals surface area contributed by atoms with E-state index in [-0.39, 0.29) is 42.0 Å². The van der Waals surface area contributed by atoms with E-state index in [4.69, 9.17) is 9.84 Å². The third-order valence-electron chi connectivity index (χ3n) is 4.97. The van der Waals surface area contributed by atoms with E-state index in [1.54, 1.807) is 6.07 Å². The minimum absolute atomic E-state index is 0.0447. The lowest BCUT2D eigenvalue weighted by Gasteiger charge is -2.35. The summed E-state index contributed by atoms with van der Waals surface area (Å²) in [5.41, 5.74) is 0.224. The fraction of sp³-hybridized carbons (Fsp3) is 0.556. The molecule has 0 aromatic heterocycles. The van der Waals surface area contributed by atoms with Crippen molar-refractivity contribution in [2.75, 3.05) is 19.8 Å². The fourth-order valence-corrected chi connectivity index (χ4v) is 4.94. The quantitative estimate of drug-likeness (QED) is 0.748. The minimum atomic E-state index is -3.70. The fourth-order valence-electron chi connectivity index (χ4n) is 3.59. The number of carboxylic acids is 1. The first-order chi connectivity index (χ1) is 12.9. The van der Waals surface area contributed by atoms with Crippen molar-refractivity contribution < 1.29 is 27.9 Å². The molecule has 8 nitrogen and oxygen atoms in total. The summed E-state index contributed by atoms with van der Waals surface area (Å²) in [6, 6.07) is 5.26. The number of sulfonamides is 1. The molecule has 1 atom stereocenters. The number of benzene rings is 1. The van der Waals surface area contributed by atoms with Crippen molar-refractivity contribution in [1.82, 2.24) is 9.62 Å². The first kappa shape index (κ1) is 19.8. The van der Waals surface area contributed by atoms with Crippen molar-refractivity contribution in [2.24, 2.45) is 0 Å². The van der Waals surface area contributed by atoms with Crippen LogP contribution in [0.25, 0.3) is 0 Å². The smallest absolute Gasteiger partial charge is 0.305 e. The maximum absolute atomic E-state index is 12.9. The van der Waals surface area contributed by atoms with Crippen molar-refractivity contribution in [2.45, 2.75) is 49.1 Å². The van der Waals surface area contributed by atoms with Gasteiger partial charge in [-0.05, 0) is 31.0 Å². The normalized spacial score (nSPS) is 21.3. The molecule has 0 radical (unpaired) electrons. The summed E-state index contributed by atoms with van der Waals surface area (Å²) in [6.07, 6.45) is 3.44. The first-order valence-electron chi connectivity index (χ1n) is 9.10. The Balaban J connectivity index is 1.79. The number of hydrogen-bond donors (Lipinski definition) is 2. The van der Waals surface area contributed by atoms with Crippen molar-refractivity contribution >= 4 is 21.9 Å². The molecule has 9 heteroatoms. The number of amides is 1. The molecule has 2 fully saturated rings. The van der Waals surface area contributed by atoms with E-state index in [2.05, 4.69) is 4.72 Å². The third-order valence-corrected chi connectivity index (χ3v) is 6.49. The molecule has 1 aliphatic carbocycles. The Hall–Kier alpha value is -1.97. The summed E-state index contributed by atoms with van der Waals surface area (Å²) < 4.78 is 33.2. The van der Waals surface area contributed by atoms with Gasteiger partial charge in [-0.25, -0.2) is 13.1 Å². The van der Waals surface area contributed by atoms with E-state index in [1.807, 2.05) is 0 Å². The Labute approximate surface area is 158 Å². The number of ether oxygens (including phenoxy) is 1. The van der Waals surface area contributed by atoms with E-state index in [0.717, 1.165) is 25.7 Å². The van der Waals surface area contributed by atoms with Crippen LogP contribution in [0, 0.1) is 0 Å². The van der Waals surface area contributed by atoms with E-state index >= 15 is 0 Å². The number of nitrogens with zero attached hydrogens (tertiary/aromatic N) is 1. The van der Waals surface area contributed by atoms with Crippen molar-refractivity contribution in [3.05, 3.63) is 29.8 Å². The first-order valence-corrected chi connectivity index (χ1v) is 10.6. The molecule has 3 rings (SSSR count). The number of hydrogen-bond acceptors (Lipinski definition) is 5. The molecule has 2 aliphatic rings. The van der Waals surface area contributed by atoms with Crippen LogP contribution in [0.15, 0.2) is 29.2 Å².